The van der Waals surface area contributed by atoms with Gasteiger partial charge in [-0.15, -0.1) is 11.3 Å². The van der Waals surface area contributed by atoms with Crippen molar-refractivity contribution in [2.75, 3.05) is 24.3 Å². The Morgan fingerprint density at radius 3 is 2.89 bits per heavy atom. The maximum Gasteiger partial charge on any atom is 0.123 e. The van der Waals surface area contributed by atoms with E-state index in [9.17, 15) is 0 Å². The second kappa shape index (κ2) is 6.43. The summed E-state index contributed by atoms with van der Waals surface area (Å²) in [7, 11) is 2.03. The normalized spacial score (nSPS) is 10.4. The summed E-state index contributed by atoms with van der Waals surface area (Å²) in [5, 5.41) is 2.05. The van der Waals surface area contributed by atoms with Gasteiger partial charge in [0.1, 0.15) is 5.75 Å². The fourth-order valence-corrected chi connectivity index (χ4v) is 2.33. The Kier molecular flexibility index (Phi) is 4.63. The fourth-order valence-electron chi connectivity index (χ4n) is 1.78. The number of thiazole rings is 1. The molecule has 19 heavy (non-hydrogen) atoms. The monoisotopic (exact) mass is 277 g/mol. The summed E-state index contributed by atoms with van der Waals surface area (Å²) in [4.78, 5) is 6.41. The van der Waals surface area contributed by atoms with Crippen LogP contribution in [0, 0.1) is 0 Å². The van der Waals surface area contributed by atoms with Gasteiger partial charge >= 0.3 is 0 Å². The molecule has 102 valence electrons. The van der Waals surface area contributed by atoms with Gasteiger partial charge in [-0.05, 0) is 12.5 Å². The van der Waals surface area contributed by atoms with Crippen LogP contribution in [0.1, 0.15) is 19.0 Å². The van der Waals surface area contributed by atoms with Gasteiger partial charge in [-0.2, -0.15) is 0 Å². The number of anilines is 2. The molecule has 0 unspecified atom stereocenters. The van der Waals surface area contributed by atoms with Gasteiger partial charge in [0.05, 0.1) is 24.4 Å². The molecule has 1 aromatic carbocycles. The summed E-state index contributed by atoms with van der Waals surface area (Å²) >= 11 is 1.61. The maximum absolute atomic E-state index is 5.92. The molecule has 0 bridgehead atoms. The van der Waals surface area contributed by atoms with E-state index >= 15 is 0 Å². The molecule has 2 rings (SSSR count). The molecule has 0 saturated carbocycles. The molecule has 0 atom stereocenters. The number of hydrogen-bond acceptors (Lipinski definition) is 5. The van der Waals surface area contributed by atoms with E-state index in [0.717, 1.165) is 30.1 Å². The summed E-state index contributed by atoms with van der Waals surface area (Å²) < 4.78 is 5.64. The third-order valence-corrected chi connectivity index (χ3v) is 3.35. The van der Waals surface area contributed by atoms with E-state index in [1.807, 2.05) is 30.8 Å². The van der Waals surface area contributed by atoms with Gasteiger partial charge in [0, 0.05) is 35.9 Å². The van der Waals surface area contributed by atoms with Crippen molar-refractivity contribution in [1.29, 1.82) is 0 Å². The van der Waals surface area contributed by atoms with Crippen LogP contribution < -0.4 is 15.4 Å². The van der Waals surface area contributed by atoms with Crippen molar-refractivity contribution < 1.29 is 4.74 Å². The van der Waals surface area contributed by atoms with Gasteiger partial charge in [-0.3, -0.25) is 0 Å². The van der Waals surface area contributed by atoms with E-state index in [-0.39, 0.29) is 0 Å². The second-order valence-electron chi connectivity index (χ2n) is 4.44. The largest absolute Gasteiger partial charge is 0.493 e. The SMILES string of the molecule is CCCOc1cc(N)cc(N(C)Cc2cscn2)c1. The van der Waals surface area contributed by atoms with Gasteiger partial charge in [0.15, 0.2) is 0 Å². The number of rotatable bonds is 6. The third-order valence-electron chi connectivity index (χ3n) is 2.71. The molecule has 0 spiro atoms. The van der Waals surface area contributed by atoms with Gasteiger partial charge in [-0.1, -0.05) is 6.92 Å². The van der Waals surface area contributed by atoms with Crippen molar-refractivity contribution in [1.82, 2.24) is 4.98 Å². The smallest absolute Gasteiger partial charge is 0.123 e. The Balaban J connectivity index is 2.11. The van der Waals surface area contributed by atoms with Gasteiger partial charge in [0.25, 0.3) is 0 Å². The van der Waals surface area contributed by atoms with Crippen LogP contribution in [0.4, 0.5) is 11.4 Å². The minimum Gasteiger partial charge on any atom is -0.493 e. The molecule has 4 nitrogen and oxygen atoms in total. The Labute approximate surface area is 117 Å². The van der Waals surface area contributed by atoms with E-state index in [4.69, 9.17) is 10.5 Å². The first-order valence-electron chi connectivity index (χ1n) is 6.30. The van der Waals surface area contributed by atoms with Crippen LogP contribution in [0.3, 0.4) is 0 Å². The highest BCUT2D eigenvalue weighted by Crippen LogP contribution is 2.26. The average Bonchev–Trinajstić information content (AvgIpc) is 2.88. The summed E-state index contributed by atoms with van der Waals surface area (Å²) in [6.45, 7) is 3.56. The van der Waals surface area contributed by atoms with Gasteiger partial charge in [0.2, 0.25) is 0 Å². The number of nitrogens with zero attached hydrogens (tertiary/aromatic N) is 2. The maximum atomic E-state index is 5.92. The van der Waals surface area contributed by atoms with Crippen molar-refractivity contribution in [3.05, 3.63) is 34.8 Å². The topological polar surface area (TPSA) is 51.4 Å². The van der Waals surface area contributed by atoms with Crippen LogP contribution in [0.2, 0.25) is 0 Å². The van der Waals surface area contributed by atoms with E-state index in [1.165, 1.54) is 0 Å². The molecule has 0 aliphatic heterocycles. The van der Waals surface area contributed by atoms with Crippen LogP contribution in [-0.2, 0) is 6.54 Å². The lowest BCUT2D eigenvalue weighted by molar-refractivity contribution is 0.317. The quantitative estimate of drug-likeness (QED) is 0.824. The summed E-state index contributed by atoms with van der Waals surface area (Å²) in [6.07, 6.45) is 0.985. The number of nitrogens with two attached hydrogens (primary N) is 1. The molecule has 0 amide bonds. The minimum absolute atomic E-state index is 0.707. The van der Waals surface area contributed by atoms with E-state index in [0.29, 0.717) is 12.3 Å². The van der Waals surface area contributed by atoms with E-state index < -0.39 is 0 Å². The first-order chi connectivity index (χ1) is 9.19. The third kappa shape index (κ3) is 3.86. The van der Waals surface area contributed by atoms with Crippen LogP contribution in [-0.4, -0.2) is 18.6 Å². The van der Waals surface area contributed by atoms with Crippen LogP contribution in [0.15, 0.2) is 29.1 Å². The number of nitrogen functional groups attached to an aromatic ring is 1. The number of aromatic nitrogens is 1. The molecule has 2 N–H and O–H groups in total. The Morgan fingerprint density at radius 2 is 2.21 bits per heavy atom. The van der Waals surface area contributed by atoms with E-state index in [1.54, 1.807) is 11.3 Å². The van der Waals surface area contributed by atoms with Crippen molar-refractivity contribution in [3.63, 3.8) is 0 Å². The van der Waals surface area contributed by atoms with Crippen LogP contribution in [0.5, 0.6) is 5.75 Å². The van der Waals surface area contributed by atoms with Crippen molar-refractivity contribution >= 4 is 22.7 Å². The fraction of sp³-hybridized carbons (Fsp3) is 0.357. The van der Waals surface area contributed by atoms with Crippen molar-refractivity contribution in [2.24, 2.45) is 0 Å². The zero-order valence-electron chi connectivity index (χ0n) is 11.3. The first kappa shape index (κ1) is 13.7. The zero-order chi connectivity index (χ0) is 13.7. The molecule has 5 heteroatoms. The first-order valence-corrected chi connectivity index (χ1v) is 7.25. The van der Waals surface area contributed by atoms with Gasteiger partial charge in [-0.25, -0.2) is 4.98 Å². The molecule has 1 aromatic heterocycles. The number of hydrogen-bond donors (Lipinski definition) is 1. The predicted molar refractivity (Wildman–Crippen MR) is 80.9 cm³/mol. The average molecular weight is 277 g/mol. The Morgan fingerprint density at radius 1 is 1.37 bits per heavy atom. The lowest BCUT2D eigenvalue weighted by atomic mass is 10.2. The van der Waals surface area contributed by atoms with Crippen molar-refractivity contribution in [3.8, 4) is 5.75 Å². The lowest BCUT2D eigenvalue weighted by Gasteiger charge is -2.19. The molecule has 0 aliphatic rings. The summed E-state index contributed by atoms with van der Waals surface area (Å²) in [6, 6.07) is 5.82. The molecular formula is C14H19N3OS. The molecule has 0 aliphatic carbocycles. The minimum atomic E-state index is 0.707. The van der Waals surface area contributed by atoms with Crippen LogP contribution in [0.25, 0.3) is 0 Å². The Bertz CT molecular complexity index is 513. The molecule has 2 aromatic rings. The molecular weight excluding hydrogens is 258 g/mol. The summed E-state index contributed by atoms with van der Waals surface area (Å²) in [5.41, 5.74) is 10.6. The van der Waals surface area contributed by atoms with Gasteiger partial charge < -0.3 is 15.4 Å². The molecule has 0 fully saturated rings. The molecule has 1 heterocycles. The summed E-state index contributed by atoms with van der Waals surface area (Å²) in [5.74, 6) is 0.821. The van der Waals surface area contributed by atoms with Crippen molar-refractivity contribution in [2.45, 2.75) is 19.9 Å². The highest BCUT2D eigenvalue weighted by molar-refractivity contribution is 7.07. The van der Waals surface area contributed by atoms with Crippen LogP contribution >= 0.6 is 11.3 Å². The van der Waals surface area contributed by atoms with E-state index in [2.05, 4.69) is 22.2 Å². The predicted octanol–water partition coefficient (Wildman–Crippen LogP) is 3.15. The standard InChI is InChI=1S/C14H19N3OS/c1-3-4-18-14-6-11(15)5-13(7-14)17(2)8-12-9-19-10-16-12/h5-7,9-10H,3-4,8,15H2,1-2H3. The highest BCUT2D eigenvalue weighted by atomic mass is 32.1. The number of benzene rings is 1. The lowest BCUT2D eigenvalue weighted by Crippen LogP contribution is -2.16. The highest BCUT2D eigenvalue weighted by Gasteiger charge is 2.07. The molecule has 0 saturated heterocycles. The number of ether oxygens (including phenoxy) is 1. The molecule has 0 radical (unpaired) electrons. The Hall–Kier alpha value is -1.75. The second-order valence-corrected chi connectivity index (χ2v) is 5.16. The zero-order valence-corrected chi connectivity index (χ0v) is 12.1.